The summed E-state index contributed by atoms with van der Waals surface area (Å²) in [5, 5.41) is 1.43. The average Bonchev–Trinajstić information content (AvgIpc) is 3.00. The van der Waals surface area contributed by atoms with Gasteiger partial charge in [-0.15, -0.1) is 0 Å². The van der Waals surface area contributed by atoms with Crippen molar-refractivity contribution in [3.63, 3.8) is 0 Å². The van der Waals surface area contributed by atoms with Crippen molar-refractivity contribution in [1.82, 2.24) is 9.47 Å². The Morgan fingerprint density at radius 2 is 1.64 bits per heavy atom. The maximum Gasteiger partial charge on any atom is 0.0730 e. The Morgan fingerprint density at radius 1 is 0.818 bits per heavy atom. The van der Waals surface area contributed by atoms with Crippen LogP contribution in [0, 0.1) is 0 Å². The molecule has 2 aromatic carbocycles. The van der Waals surface area contributed by atoms with E-state index in [1.165, 1.54) is 39.1 Å². The van der Waals surface area contributed by atoms with Gasteiger partial charge in [0.1, 0.15) is 0 Å². The number of aromatic nitrogens is 1. The molecule has 5 rings (SSSR count). The first kappa shape index (κ1) is 12.3. The first-order valence-electron chi connectivity index (χ1n) is 7.87. The summed E-state index contributed by atoms with van der Waals surface area (Å²) in [6.45, 7) is 3.08. The Kier molecular flexibility index (Phi) is 2.32. The van der Waals surface area contributed by atoms with Gasteiger partial charge in [-0.25, -0.2) is 0 Å². The molecular formula is C19H19N3. The standard InChI is InChI=1S/C19H19N3/c1-20-11-15-14-7-5-9-17-19(14)22(18(15)12-20)10-13-6-3-4-8-16(13)21(17)2/h3-9H,10-12H2,1-2H3. The monoisotopic (exact) mass is 289 g/mol. The van der Waals surface area contributed by atoms with Gasteiger partial charge in [0.15, 0.2) is 0 Å². The van der Waals surface area contributed by atoms with Crippen LogP contribution in [0.4, 0.5) is 11.4 Å². The Labute approximate surface area is 130 Å². The number of fused-ring (bicyclic) bond motifs is 4. The van der Waals surface area contributed by atoms with Crippen LogP contribution in [0.5, 0.6) is 0 Å². The summed E-state index contributed by atoms with van der Waals surface area (Å²) >= 11 is 0. The van der Waals surface area contributed by atoms with Gasteiger partial charge in [0.05, 0.1) is 17.7 Å². The molecule has 0 N–H and O–H groups in total. The predicted octanol–water partition coefficient (Wildman–Crippen LogP) is 3.72. The lowest BCUT2D eigenvalue weighted by molar-refractivity contribution is 0.348. The molecule has 0 bridgehead atoms. The zero-order chi connectivity index (χ0) is 14.8. The molecule has 0 fully saturated rings. The molecule has 0 aliphatic carbocycles. The lowest BCUT2D eigenvalue weighted by Gasteiger charge is -2.20. The largest absolute Gasteiger partial charge is 0.343 e. The summed E-state index contributed by atoms with van der Waals surface area (Å²) in [4.78, 5) is 4.75. The Hall–Kier alpha value is -2.26. The van der Waals surface area contributed by atoms with Crippen molar-refractivity contribution in [1.29, 1.82) is 0 Å². The first-order valence-corrected chi connectivity index (χ1v) is 7.87. The van der Waals surface area contributed by atoms with E-state index in [0.29, 0.717) is 0 Å². The van der Waals surface area contributed by atoms with Crippen LogP contribution in [0.1, 0.15) is 16.8 Å². The normalized spacial score (nSPS) is 16.7. The maximum absolute atomic E-state index is 2.55. The lowest BCUT2D eigenvalue weighted by Crippen LogP contribution is -2.11. The molecule has 0 saturated heterocycles. The summed E-state index contributed by atoms with van der Waals surface area (Å²) in [6.07, 6.45) is 0. The third-order valence-electron chi connectivity index (χ3n) is 5.17. The van der Waals surface area contributed by atoms with Crippen molar-refractivity contribution < 1.29 is 0 Å². The van der Waals surface area contributed by atoms with E-state index in [1.54, 1.807) is 0 Å². The van der Waals surface area contributed by atoms with Crippen molar-refractivity contribution in [2.75, 3.05) is 19.0 Å². The minimum Gasteiger partial charge on any atom is -0.343 e. The van der Waals surface area contributed by atoms with Crippen LogP contribution in [0.25, 0.3) is 10.9 Å². The molecule has 110 valence electrons. The van der Waals surface area contributed by atoms with Gasteiger partial charge in [0.25, 0.3) is 0 Å². The zero-order valence-corrected chi connectivity index (χ0v) is 13.0. The molecule has 1 aromatic heterocycles. The molecule has 0 spiro atoms. The van der Waals surface area contributed by atoms with E-state index in [-0.39, 0.29) is 0 Å². The van der Waals surface area contributed by atoms with Gasteiger partial charge in [-0.1, -0.05) is 30.3 Å². The molecule has 0 unspecified atom stereocenters. The van der Waals surface area contributed by atoms with Crippen LogP contribution >= 0.6 is 0 Å². The second-order valence-electron chi connectivity index (χ2n) is 6.54. The second kappa shape index (κ2) is 4.14. The van der Waals surface area contributed by atoms with E-state index in [2.05, 4.69) is 70.9 Å². The molecule has 2 aliphatic heterocycles. The number of hydrogen-bond acceptors (Lipinski definition) is 2. The number of nitrogens with zero attached hydrogens (tertiary/aromatic N) is 3. The first-order chi connectivity index (χ1) is 10.7. The number of benzene rings is 2. The minimum absolute atomic E-state index is 0.969. The van der Waals surface area contributed by atoms with Gasteiger partial charge in [-0.05, 0) is 30.3 Å². The predicted molar refractivity (Wildman–Crippen MR) is 90.7 cm³/mol. The van der Waals surface area contributed by atoms with Gasteiger partial charge in [0.2, 0.25) is 0 Å². The molecule has 2 aliphatic rings. The average molecular weight is 289 g/mol. The third kappa shape index (κ3) is 1.44. The fourth-order valence-corrected chi connectivity index (χ4v) is 4.17. The lowest BCUT2D eigenvalue weighted by atomic mass is 10.1. The van der Waals surface area contributed by atoms with E-state index < -0.39 is 0 Å². The van der Waals surface area contributed by atoms with E-state index >= 15 is 0 Å². The Morgan fingerprint density at radius 3 is 2.55 bits per heavy atom. The van der Waals surface area contributed by atoms with Gasteiger partial charge in [-0.3, -0.25) is 4.90 Å². The number of rotatable bonds is 0. The van der Waals surface area contributed by atoms with E-state index in [0.717, 1.165) is 19.6 Å². The van der Waals surface area contributed by atoms with E-state index in [9.17, 15) is 0 Å². The molecule has 0 saturated carbocycles. The summed E-state index contributed by atoms with van der Waals surface area (Å²) < 4.78 is 2.55. The smallest absolute Gasteiger partial charge is 0.0730 e. The maximum atomic E-state index is 2.55. The van der Waals surface area contributed by atoms with E-state index in [1.807, 2.05) is 0 Å². The summed E-state index contributed by atoms with van der Waals surface area (Å²) in [7, 11) is 4.40. The second-order valence-corrected chi connectivity index (χ2v) is 6.54. The van der Waals surface area contributed by atoms with Crippen LogP contribution in [-0.2, 0) is 19.6 Å². The number of para-hydroxylation sites is 2. The highest BCUT2D eigenvalue weighted by molar-refractivity contribution is 5.98. The van der Waals surface area contributed by atoms with Crippen LogP contribution < -0.4 is 4.90 Å². The third-order valence-corrected chi connectivity index (χ3v) is 5.17. The summed E-state index contributed by atoms with van der Waals surface area (Å²) in [6, 6.07) is 15.5. The van der Waals surface area contributed by atoms with Crippen LogP contribution in [0.3, 0.4) is 0 Å². The van der Waals surface area contributed by atoms with Gasteiger partial charge in [0, 0.05) is 36.9 Å². The molecule has 3 aromatic rings. The SMILES string of the molecule is CN1Cc2c(n3c4c(cccc24)N(C)c2ccccc2C3)C1. The van der Waals surface area contributed by atoms with Gasteiger partial charge < -0.3 is 9.47 Å². The highest BCUT2D eigenvalue weighted by Gasteiger charge is 2.29. The molecule has 0 amide bonds. The van der Waals surface area contributed by atoms with Crippen molar-refractivity contribution in [2.24, 2.45) is 0 Å². The molecule has 0 atom stereocenters. The quantitative estimate of drug-likeness (QED) is 0.625. The van der Waals surface area contributed by atoms with Crippen molar-refractivity contribution >= 4 is 22.3 Å². The topological polar surface area (TPSA) is 11.4 Å². The van der Waals surface area contributed by atoms with Crippen molar-refractivity contribution in [3.8, 4) is 0 Å². The highest BCUT2D eigenvalue weighted by atomic mass is 15.2. The summed E-state index contributed by atoms with van der Waals surface area (Å²) in [5.41, 5.74) is 8.45. The number of hydrogen-bond donors (Lipinski definition) is 0. The molecule has 0 radical (unpaired) electrons. The molecule has 3 heterocycles. The fraction of sp³-hybridized carbons (Fsp3) is 0.263. The highest BCUT2D eigenvalue weighted by Crippen LogP contribution is 2.42. The minimum atomic E-state index is 0.969. The Bertz CT molecular complexity index is 906. The van der Waals surface area contributed by atoms with Gasteiger partial charge in [-0.2, -0.15) is 0 Å². The van der Waals surface area contributed by atoms with Crippen molar-refractivity contribution in [2.45, 2.75) is 19.6 Å². The number of anilines is 2. The molecule has 3 nitrogen and oxygen atoms in total. The molecule has 22 heavy (non-hydrogen) atoms. The Balaban J connectivity index is 1.89. The fourth-order valence-electron chi connectivity index (χ4n) is 4.17. The molecule has 3 heteroatoms. The van der Waals surface area contributed by atoms with Crippen LogP contribution in [0.15, 0.2) is 42.5 Å². The van der Waals surface area contributed by atoms with Crippen LogP contribution in [0.2, 0.25) is 0 Å². The van der Waals surface area contributed by atoms with Crippen molar-refractivity contribution in [3.05, 3.63) is 59.3 Å². The summed E-state index contributed by atoms with van der Waals surface area (Å²) in [5.74, 6) is 0. The van der Waals surface area contributed by atoms with Crippen LogP contribution in [-0.4, -0.2) is 23.6 Å². The zero-order valence-electron chi connectivity index (χ0n) is 13.0. The van der Waals surface area contributed by atoms with E-state index in [4.69, 9.17) is 0 Å². The van der Waals surface area contributed by atoms with Gasteiger partial charge >= 0.3 is 0 Å². The molecular weight excluding hydrogens is 270 g/mol.